The first-order valence-electron chi connectivity index (χ1n) is 4.79. The number of nitrogens with two attached hydrogens (primary N) is 1. The zero-order chi connectivity index (χ0) is 11.8. The average Bonchev–Trinajstić information content (AvgIpc) is 2.27. The van der Waals surface area contributed by atoms with Gasteiger partial charge in [-0.1, -0.05) is 0 Å². The van der Waals surface area contributed by atoms with Gasteiger partial charge in [-0.3, -0.25) is 9.78 Å². The third kappa shape index (κ3) is 4.56. The Hall–Kier alpha value is -1.89. The molecule has 0 aromatic carbocycles. The summed E-state index contributed by atoms with van der Waals surface area (Å²) >= 11 is 0. The van der Waals surface area contributed by atoms with Crippen LogP contribution in [0, 0.1) is 0 Å². The van der Waals surface area contributed by atoms with Gasteiger partial charge in [0.2, 0.25) is 5.91 Å². The molecule has 1 heterocycles. The summed E-state index contributed by atoms with van der Waals surface area (Å²) in [5, 5.41) is 5.47. The number of anilines is 2. The highest BCUT2D eigenvalue weighted by Crippen LogP contribution is 2.01. The van der Waals surface area contributed by atoms with Crippen molar-refractivity contribution in [3.8, 4) is 0 Å². The minimum absolute atomic E-state index is 0.127. The lowest BCUT2D eigenvalue weighted by Crippen LogP contribution is -2.32. The number of nitrogens with one attached hydrogen (secondary N) is 2. The molecule has 1 aromatic heterocycles. The van der Waals surface area contributed by atoms with Crippen molar-refractivity contribution < 1.29 is 9.53 Å². The summed E-state index contributed by atoms with van der Waals surface area (Å²) in [4.78, 5) is 19.0. The Kier molecular flexibility index (Phi) is 5.00. The highest BCUT2D eigenvalue weighted by molar-refractivity contribution is 5.80. The number of carbonyl (C=O) groups excluding carboxylic acids is 1. The van der Waals surface area contributed by atoms with E-state index >= 15 is 0 Å². The minimum atomic E-state index is -0.138. The number of hydrogen-bond donors (Lipinski definition) is 3. The molecule has 0 aliphatic heterocycles. The quantitative estimate of drug-likeness (QED) is 0.550. The van der Waals surface area contributed by atoms with Crippen molar-refractivity contribution in [2.24, 2.45) is 0 Å². The molecule has 4 N–H and O–H groups in total. The summed E-state index contributed by atoms with van der Waals surface area (Å²) < 4.78 is 4.80. The number of amides is 1. The van der Waals surface area contributed by atoms with E-state index in [1.54, 1.807) is 7.11 Å². The molecule has 1 amide bonds. The van der Waals surface area contributed by atoms with E-state index < -0.39 is 0 Å². The van der Waals surface area contributed by atoms with E-state index in [-0.39, 0.29) is 12.5 Å². The van der Waals surface area contributed by atoms with Gasteiger partial charge in [-0.2, -0.15) is 0 Å². The maximum absolute atomic E-state index is 11.3. The fourth-order valence-corrected chi connectivity index (χ4v) is 0.992. The number of nitrogen functional groups attached to an aromatic ring is 1. The fourth-order valence-electron chi connectivity index (χ4n) is 0.992. The first-order valence-corrected chi connectivity index (χ1v) is 4.79. The van der Waals surface area contributed by atoms with Crippen molar-refractivity contribution in [2.75, 3.05) is 37.9 Å². The molecule has 7 heteroatoms. The molecular weight excluding hydrogens is 210 g/mol. The monoisotopic (exact) mass is 225 g/mol. The van der Waals surface area contributed by atoms with Crippen LogP contribution in [-0.4, -0.2) is 42.7 Å². The van der Waals surface area contributed by atoms with Crippen molar-refractivity contribution in [3.05, 3.63) is 12.4 Å². The van der Waals surface area contributed by atoms with Gasteiger partial charge in [-0.25, -0.2) is 4.98 Å². The molecule has 1 aromatic rings. The van der Waals surface area contributed by atoms with Gasteiger partial charge in [-0.15, -0.1) is 0 Å². The molecule has 0 aliphatic carbocycles. The van der Waals surface area contributed by atoms with Gasteiger partial charge >= 0.3 is 0 Å². The van der Waals surface area contributed by atoms with Crippen LogP contribution in [0.15, 0.2) is 12.4 Å². The van der Waals surface area contributed by atoms with E-state index in [1.807, 2.05) is 0 Å². The topological polar surface area (TPSA) is 102 Å². The lowest BCUT2D eigenvalue weighted by atomic mass is 10.5. The second kappa shape index (κ2) is 6.57. The Morgan fingerprint density at radius 3 is 3.06 bits per heavy atom. The van der Waals surface area contributed by atoms with Crippen LogP contribution in [0.25, 0.3) is 0 Å². The first kappa shape index (κ1) is 12.2. The van der Waals surface area contributed by atoms with Gasteiger partial charge < -0.3 is 21.1 Å². The summed E-state index contributed by atoms with van der Waals surface area (Å²) in [6.07, 6.45) is 2.93. The highest BCUT2D eigenvalue weighted by atomic mass is 16.5. The molecule has 16 heavy (non-hydrogen) atoms. The summed E-state index contributed by atoms with van der Waals surface area (Å²) in [5.74, 6) is 0.646. The van der Waals surface area contributed by atoms with E-state index in [0.717, 1.165) is 0 Å². The van der Waals surface area contributed by atoms with Gasteiger partial charge in [0.25, 0.3) is 0 Å². The molecule has 0 fully saturated rings. The molecule has 7 nitrogen and oxygen atoms in total. The Labute approximate surface area is 93.4 Å². The number of aromatic nitrogens is 2. The van der Waals surface area contributed by atoms with Gasteiger partial charge in [0.05, 0.1) is 25.5 Å². The van der Waals surface area contributed by atoms with Gasteiger partial charge in [0, 0.05) is 13.7 Å². The third-order valence-electron chi connectivity index (χ3n) is 1.71. The van der Waals surface area contributed by atoms with E-state index in [1.165, 1.54) is 12.4 Å². The lowest BCUT2D eigenvalue weighted by molar-refractivity contribution is -0.119. The van der Waals surface area contributed by atoms with Crippen LogP contribution in [0.5, 0.6) is 0 Å². The minimum Gasteiger partial charge on any atom is -0.383 e. The van der Waals surface area contributed by atoms with Crippen LogP contribution >= 0.6 is 0 Å². The molecule has 1 rings (SSSR count). The van der Waals surface area contributed by atoms with Crippen molar-refractivity contribution in [2.45, 2.75) is 0 Å². The van der Waals surface area contributed by atoms with E-state index in [2.05, 4.69) is 20.6 Å². The first-order chi connectivity index (χ1) is 7.72. The van der Waals surface area contributed by atoms with E-state index in [9.17, 15) is 4.79 Å². The Balaban J connectivity index is 2.26. The van der Waals surface area contributed by atoms with Crippen LogP contribution in [-0.2, 0) is 9.53 Å². The molecule has 0 atom stereocenters. The number of rotatable bonds is 6. The third-order valence-corrected chi connectivity index (χ3v) is 1.71. The zero-order valence-corrected chi connectivity index (χ0v) is 9.06. The zero-order valence-electron chi connectivity index (χ0n) is 9.06. The second-order valence-corrected chi connectivity index (χ2v) is 3.03. The number of ether oxygens (including phenoxy) is 1. The summed E-state index contributed by atoms with van der Waals surface area (Å²) in [5.41, 5.74) is 5.43. The van der Waals surface area contributed by atoms with Gasteiger partial charge in [0.15, 0.2) is 0 Å². The van der Waals surface area contributed by atoms with E-state index in [0.29, 0.717) is 24.8 Å². The second-order valence-electron chi connectivity index (χ2n) is 3.03. The van der Waals surface area contributed by atoms with Crippen LogP contribution in [0.2, 0.25) is 0 Å². The Bertz CT molecular complexity index is 344. The molecule has 0 saturated carbocycles. The van der Waals surface area contributed by atoms with Crippen LogP contribution < -0.4 is 16.4 Å². The molecule has 0 unspecified atom stereocenters. The average molecular weight is 225 g/mol. The Morgan fingerprint density at radius 1 is 1.56 bits per heavy atom. The maximum atomic E-state index is 11.3. The fraction of sp³-hybridized carbons (Fsp3) is 0.444. The number of nitrogens with zero attached hydrogens (tertiary/aromatic N) is 2. The maximum Gasteiger partial charge on any atom is 0.239 e. The SMILES string of the molecule is COCCNC(=O)CNc1cncc(N)n1. The molecular formula is C9H15N5O2. The molecule has 0 spiro atoms. The van der Waals surface area contributed by atoms with Crippen molar-refractivity contribution in [1.29, 1.82) is 0 Å². The largest absolute Gasteiger partial charge is 0.383 e. The molecule has 0 saturated heterocycles. The summed E-state index contributed by atoms with van der Waals surface area (Å²) in [6.45, 7) is 1.10. The summed E-state index contributed by atoms with van der Waals surface area (Å²) in [7, 11) is 1.58. The van der Waals surface area contributed by atoms with Gasteiger partial charge in [-0.05, 0) is 0 Å². The lowest BCUT2D eigenvalue weighted by Gasteiger charge is -2.06. The number of carbonyl (C=O) groups is 1. The van der Waals surface area contributed by atoms with Crippen molar-refractivity contribution >= 4 is 17.5 Å². The standard InChI is InChI=1S/C9H15N5O2/c1-16-3-2-12-9(15)6-13-8-5-11-4-7(10)14-8/h4-5H,2-3,6H2,1H3,(H,12,15)(H3,10,13,14). The molecule has 0 radical (unpaired) electrons. The van der Waals surface area contributed by atoms with E-state index in [4.69, 9.17) is 10.5 Å². The smallest absolute Gasteiger partial charge is 0.239 e. The normalized spacial score (nSPS) is 9.81. The van der Waals surface area contributed by atoms with Crippen LogP contribution in [0.3, 0.4) is 0 Å². The highest BCUT2D eigenvalue weighted by Gasteiger charge is 2.01. The number of methoxy groups -OCH3 is 1. The molecule has 88 valence electrons. The van der Waals surface area contributed by atoms with Gasteiger partial charge in [0.1, 0.15) is 11.6 Å². The van der Waals surface area contributed by atoms with Crippen molar-refractivity contribution in [1.82, 2.24) is 15.3 Å². The molecule has 0 bridgehead atoms. The predicted molar refractivity (Wildman–Crippen MR) is 59.8 cm³/mol. The number of hydrogen-bond acceptors (Lipinski definition) is 6. The molecule has 0 aliphatic rings. The van der Waals surface area contributed by atoms with Crippen LogP contribution in [0.4, 0.5) is 11.6 Å². The van der Waals surface area contributed by atoms with Crippen molar-refractivity contribution in [3.63, 3.8) is 0 Å². The Morgan fingerprint density at radius 2 is 2.38 bits per heavy atom. The van der Waals surface area contributed by atoms with Crippen LogP contribution in [0.1, 0.15) is 0 Å². The predicted octanol–water partition coefficient (Wildman–Crippen LogP) is -0.767. The summed E-state index contributed by atoms with van der Waals surface area (Å²) in [6, 6.07) is 0.